The van der Waals surface area contributed by atoms with Crippen molar-refractivity contribution in [2.45, 2.75) is 25.1 Å². The summed E-state index contributed by atoms with van der Waals surface area (Å²) in [5, 5.41) is 0. The molecule has 17 heavy (non-hydrogen) atoms. The largest absolute Gasteiger partial charge is 0.469 e. The van der Waals surface area contributed by atoms with Gasteiger partial charge < -0.3 is 9.15 Å². The number of ether oxygens (including phenoxy) is 1. The Balaban J connectivity index is 2.19. The van der Waals surface area contributed by atoms with Crippen molar-refractivity contribution in [3.05, 3.63) is 24.2 Å². The number of rotatable bonds is 7. The van der Waals surface area contributed by atoms with E-state index in [9.17, 15) is 13.2 Å². The number of hydrazine groups is 1. The molecule has 0 fully saturated rings. The van der Waals surface area contributed by atoms with Gasteiger partial charge in [0, 0.05) is 19.1 Å². The van der Waals surface area contributed by atoms with Gasteiger partial charge in [-0.15, -0.1) is 0 Å². The number of halogens is 3. The minimum Gasteiger partial charge on any atom is -0.469 e. The monoisotopic (exact) mass is 252 g/mol. The zero-order valence-corrected chi connectivity index (χ0v) is 9.17. The topological polar surface area (TPSA) is 60.4 Å². The number of alkyl halides is 3. The summed E-state index contributed by atoms with van der Waals surface area (Å²) in [5.41, 5.74) is 2.52. The van der Waals surface area contributed by atoms with Gasteiger partial charge in [0.05, 0.1) is 6.26 Å². The summed E-state index contributed by atoms with van der Waals surface area (Å²) < 4.78 is 45.0. The highest BCUT2D eigenvalue weighted by molar-refractivity contribution is 5.00. The van der Waals surface area contributed by atoms with E-state index < -0.39 is 12.8 Å². The summed E-state index contributed by atoms with van der Waals surface area (Å²) in [6, 6.07) is 3.35. The zero-order chi connectivity index (χ0) is 12.7. The first-order valence-corrected chi connectivity index (χ1v) is 5.14. The third-order valence-electron chi connectivity index (χ3n) is 2.14. The van der Waals surface area contributed by atoms with Crippen LogP contribution in [0.4, 0.5) is 13.2 Å². The van der Waals surface area contributed by atoms with Crippen LogP contribution in [0.25, 0.3) is 0 Å². The summed E-state index contributed by atoms with van der Waals surface area (Å²) in [4.78, 5) is 0. The first-order chi connectivity index (χ1) is 8.01. The van der Waals surface area contributed by atoms with Crippen molar-refractivity contribution >= 4 is 0 Å². The van der Waals surface area contributed by atoms with E-state index in [1.165, 1.54) is 6.26 Å². The second-order valence-corrected chi connectivity index (χ2v) is 3.60. The van der Waals surface area contributed by atoms with Crippen LogP contribution in [0.1, 0.15) is 12.2 Å². The van der Waals surface area contributed by atoms with Gasteiger partial charge in [-0.05, 0) is 18.6 Å². The smallest absolute Gasteiger partial charge is 0.411 e. The molecule has 4 nitrogen and oxygen atoms in total. The molecule has 0 amide bonds. The molecule has 0 aliphatic rings. The Morgan fingerprint density at radius 3 is 2.76 bits per heavy atom. The second kappa shape index (κ2) is 6.63. The van der Waals surface area contributed by atoms with Crippen LogP contribution in [0.5, 0.6) is 0 Å². The second-order valence-electron chi connectivity index (χ2n) is 3.60. The fourth-order valence-electron chi connectivity index (χ4n) is 1.33. The molecule has 0 saturated carbocycles. The number of furan rings is 1. The Bertz CT molecular complexity index is 301. The maximum atomic E-state index is 11.8. The lowest BCUT2D eigenvalue weighted by Gasteiger charge is -2.15. The lowest BCUT2D eigenvalue weighted by molar-refractivity contribution is -0.174. The van der Waals surface area contributed by atoms with E-state index in [-0.39, 0.29) is 12.6 Å². The average molecular weight is 252 g/mol. The van der Waals surface area contributed by atoms with Crippen LogP contribution in [-0.2, 0) is 11.2 Å². The lowest BCUT2D eigenvalue weighted by atomic mass is 10.1. The van der Waals surface area contributed by atoms with Gasteiger partial charge in [-0.25, -0.2) is 0 Å². The molecule has 1 aromatic rings. The first kappa shape index (κ1) is 14.0. The molecule has 98 valence electrons. The number of hydrogen-bond acceptors (Lipinski definition) is 4. The standard InChI is InChI=1S/C10H15F3N2O2/c11-10(12,13)7-16-5-3-8(15-14)6-9-2-1-4-17-9/h1-2,4,8,15H,3,5-7,14H2. The summed E-state index contributed by atoms with van der Waals surface area (Å²) in [6.07, 6.45) is -1.86. The third-order valence-corrected chi connectivity index (χ3v) is 2.14. The highest BCUT2D eigenvalue weighted by Crippen LogP contribution is 2.14. The highest BCUT2D eigenvalue weighted by atomic mass is 19.4. The van der Waals surface area contributed by atoms with E-state index in [0.717, 1.165) is 5.76 Å². The molecule has 0 aliphatic heterocycles. The Labute approximate surface area is 96.9 Å². The molecule has 0 aliphatic carbocycles. The van der Waals surface area contributed by atoms with Crippen molar-refractivity contribution in [1.29, 1.82) is 0 Å². The molecular weight excluding hydrogens is 237 g/mol. The van der Waals surface area contributed by atoms with Crippen molar-refractivity contribution in [2.24, 2.45) is 5.84 Å². The molecule has 1 aromatic heterocycles. The molecule has 7 heteroatoms. The van der Waals surface area contributed by atoms with E-state index in [2.05, 4.69) is 10.2 Å². The Kier molecular flexibility index (Phi) is 5.46. The Morgan fingerprint density at radius 1 is 1.47 bits per heavy atom. The van der Waals surface area contributed by atoms with Gasteiger partial charge in [0.25, 0.3) is 0 Å². The molecule has 0 radical (unpaired) electrons. The Morgan fingerprint density at radius 2 is 2.24 bits per heavy atom. The first-order valence-electron chi connectivity index (χ1n) is 5.14. The van der Waals surface area contributed by atoms with Gasteiger partial charge in [0.1, 0.15) is 12.4 Å². The predicted octanol–water partition coefficient (Wildman–Crippen LogP) is 1.62. The van der Waals surface area contributed by atoms with E-state index in [1.807, 2.05) is 0 Å². The molecule has 0 saturated heterocycles. The molecule has 1 heterocycles. The van der Waals surface area contributed by atoms with Crippen LogP contribution in [0.15, 0.2) is 22.8 Å². The normalized spacial score (nSPS) is 13.9. The highest BCUT2D eigenvalue weighted by Gasteiger charge is 2.27. The van der Waals surface area contributed by atoms with Crippen molar-refractivity contribution < 1.29 is 22.3 Å². The summed E-state index contributed by atoms with van der Waals surface area (Å²) in [6.45, 7) is -1.24. The summed E-state index contributed by atoms with van der Waals surface area (Å²) in [7, 11) is 0. The lowest BCUT2D eigenvalue weighted by Crippen LogP contribution is -2.37. The molecule has 0 bridgehead atoms. The van der Waals surface area contributed by atoms with Gasteiger partial charge in [-0.3, -0.25) is 11.3 Å². The summed E-state index contributed by atoms with van der Waals surface area (Å²) >= 11 is 0. The summed E-state index contributed by atoms with van der Waals surface area (Å²) in [5.74, 6) is 6.01. The van der Waals surface area contributed by atoms with Crippen LogP contribution in [0, 0.1) is 0 Å². The maximum absolute atomic E-state index is 11.8. The molecule has 1 unspecified atom stereocenters. The van der Waals surface area contributed by atoms with Gasteiger partial charge in [0.15, 0.2) is 0 Å². The Hall–Kier alpha value is -1.05. The van der Waals surface area contributed by atoms with Crippen LogP contribution in [-0.4, -0.2) is 25.4 Å². The van der Waals surface area contributed by atoms with E-state index in [0.29, 0.717) is 12.8 Å². The molecule has 0 aromatic carbocycles. The van der Waals surface area contributed by atoms with Crippen molar-refractivity contribution in [3.8, 4) is 0 Å². The molecular formula is C10H15F3N2O2. The third kappa shape index (κ3) is 6.30. The van der Waals surface area contributed by atoms with Crippen LogP contribution in [0.3, 0.4) is 0 Å². The molecule has 3 N–H and O–H groups in total. The fourth-order valence-corrected chi connectivity index (χ4v) is 1.33. The minimum atomic E-state index is -4.29. The quantitative estimate of drug-likeness (QED) is 0.440. The van der Waals surface area contributed by atoms with Crippen LogP contribution < -0.4 is 11.3 Å². The van der Waals surface area contributed by atoms with E-state index in [4.69, 9.17) is 10.3 Å². The van der Waals surface area contributed by atoms with Crippen molar-refractivity contribution in [3.63, 3.8) is 0 Å². The van der Waals surface area contributed by atoms with E-state index in [1.54, 1.807) is 12.1 Å². The fraction of sp³-hybridized carbons (Fsp3) is 0.600. The number of hydrogen-bond donors (Lipinski definition) is 2. The predicted molar refractivity (Wildman–Crippen MR) is 55.0 cm³/mol. The van der Waals surface area contributed by atoms with Crippen molar-refractivity contribution in [2.75, 3.05) is 13.2 Å². The van der Waals surface area contributed by atoms with E-state index >= 15 is 0 Å². The van der Waals surface area contributed by atoms with Gasteiger partial charge >= 0.3 is 6.18 Å². The minimum absolute atomic E-state index is 0.00488. The van der Waals surface area contributed by atoms with Gasteiger partial charge in [-0.2, -0.15) is 13.2 Å². The maximum Gasteiger partial charge on any atom is 0.411 e. The van der Waals surface area contributed by atoms with Gasteiger partial charge in [-0.1, -0.05) is 0 Å². The molecule has 1 rings (SSSR count). The van der Waals surface area contributed by atoms with Crippen LogP contribution >= 0.6 is 0 Å². The average Bonchev–Trinajstić information content (AvgIpc) is 2.73. The van der Waals surface area contributed by atoms with Gasteiger partial charge in [0.2, 0.25) is 0 Å². The SMILES string of the molecule is NNC(CCOCC(F)(F)F)Cc1ccco1. The number of nitrogens with one attached hydrogen (secondary N) is 1. The van der Waals surface area contributed by atoms with Crippen molar-refractivity contribution in [1.82, 2.24) is 5.43 Å². The zero-order valence-electron chi connectivity index (χ0n) is 9.17. The molecule has 0 spiro atoms. The molecule has 1 atom stereocenters. The van der Waals surface area contributed by atoms with Crippen LogP contribution in [0.2, 0.25) is 0 Å². The number of nitrogens with two attached hydrogens (primary N) is 1.